The van der Waals surface area contributed by atoms with Gasteiger partial charge >= 0.3 is 0 Å². The van der Waals surface area contributed by atoms with Gasteiger partial charge in [0.25, 0.3) is 5.97 Å². The van der Waals surface area contributed by atoms with Crippen LogP contribution in [0.1, 0.15) is 20.8 Å². The molecule has 0 radical (unpaired) electrons. The number of aliphatic carboxylic acids is 1. The maximum absolute atomic E-state index is 9.00. The summed E-state index contributed by atoms with van der Waals surface area (Å²) in [4.78, 5) is 9.00. The summed E-state index contributed by atoms with van der Waals surface area (Å²) in [6.45, 7) is 4.90. The van der Waals surface area contributed by atoms with Gasteiger partial charge in [-0.05, 0) is 0 Å². The normalized spacial score (nSPS) is 18.8. The van der Waals surface area contributed by atoms with Gasteiger partial charge in [-0.25, -0.2) is 0 Å². The van der Waals surface area contributed by atoms with Gasteiger partial charge in [0.1, 0.15) is 12.9 Å². The Bertz CT molecular complexity index is 203. The van der Waals surface area contributed by atoms with Gasteiger partial charge in [-0.3, -0.25) is 4.79 Å². The van der Waals surface area contributed by atoms with Crippen LogP contribution < -0.4 is 0 Å². The molecule has 1 rings (SSSR count). The summed E-state index contributed by atoms with van der Waals surface area (Å²) >= 11 is 0. The molecule has 5 nitrogen and oxygen atoms in total. The molecule has 0 fully saturated rings. The van der Waals surface area contributed by atoms with Crippen LogP contribution in [0.4, 0.5) is 0 Å². The third kappa shape index (κ3) is 7.14. The van der Waals surface area contributed by atoms with Crippen molar-refractivity contribution in [2.75, 3.05) is 6.61 Å². The van der Waals surface area contributed by atoms with Crippen molar-refractivity contribution in [3.8, 4) is 0 Å². The van der Waals surface area contributed by atoms with Gasteiger partial charge in [0.05, 0.1) is 0 Å². The number of aliphatic hydroxyl groups is 1. The van der Waals surface area contributed by atoms with Gasteiger partial charge in [-0.1, -0.05) is 0 Å². The van der Waals surface area contributed by atoms with E-state index in [1.807, 2.05) is 0 Å². The van der Waals surface area contributed by atoms with Crippen LogP contribution in [-0.2, 0) is 14.3 Å². The summed E-state index contributed by atoms with van der Waals surface area (Å²) in [7, 11) is 0. The summed E-state index contributed by atoms with van der Waals surface area (Å²) in [5.41, 5.74) is 0. The Labute approximate surface area is 76.6 Å². The summed E-state index contributed by atoms with van der Waals surface area (Å²) in [5, 5.41) is 16.2. The molecule has 1 aliphatic rings. The smallest absolute Gasteiger partial charge is 0.300 e. The van der Waals surface area contributed by atoms with E-state index >= 15 is 0 Å². The van der Waals surface area contributed by atoms with Crippen LogP contribution in [-0.4, -0.2) is 28.6 Å². The molecule has 0 bridgehead atoms. The van der Waals surface area contributed by atoms with Crippen LogP contribution in [0.5, 0.6) is 0 Å². The van der Waals surface area contributed by atoms with Crippen LogP contribution in [0.25, 0.3) is 0 Å². The molecule has 0 amide bonds. The highest BCUT2D eigenvalue weighted by Gasteiger charge is 2.22. The minimum Gasteiger partial charge on any atom is -0.507 e. The highest BCUT2D eigenvalue weighted by molar-refractivity contribution is 5.62. The molecule has 0 aromatic heterocycles. The number of carboxylic acid groups (broad SMARTS) is 1. The second kappa shape index (κ2) is 4.71. The maximum Gasteiger partial charge on any atom is 0.300 e. The van der Waals surface area contributed by atoms with Gasteiger partial charge in [0.2, 0.25) is 5.79 Å². The van der Waals surface area contributed by atoms with Gasteiger partial charge in [-0.2, -0.15) is 0 Å². The zero-order valence-corrected chi connectivity index (χ0v) is 7.90. The summed E-state index contributed by atoms with van der Waals surface area (Å²) < 4.78 is 9.98. The van der Waals surface area contributed by atoms with Crippen LogP contribution in [0.2, 0.25) is 0 Å². The van der Waals surface area contributed by atoms with E-state index in [1.165, 1.54) is 6.26 Å². The Balaban J connectivity index is 0.000000310. The second-order valence-corrected chi connectivity index (χ2v) is 2.93. The average molecular weight is 190 g/mol. The van der Waals surface area contributed by atoms with Crippen molar-refractivity contribution < 1.29 is 24.5 Å². The molecule has 0 unspecified atom stereocenters. The van der Waals surface area contributed by atoms with Crippen molar-refractivity contribution in [1.29, 1.82) is 0 Å². The molecule has 5 heteroatoms. The fourth-order valence-corrected chi connectivity index (χ4v) is 0.526. The van der Waals surface area contributed by atoms with Crippen LogP contribution in [0, 0.1) is 0 Å². The van der Waals surface area contributed by atoms with Crippen molar-refractivity contribution in [2.24, 2.45) is 0 Å². The fraction of sp³-hybridized carbons (Fsp3) is 0.625. The fourth-order valence-electron chi connectivity index (χ4n) is 0.526. The highest BCUT2D eigenvalue weighted by Crippen LogP contribution is 2.17. The molecule has 0 saturated heterocycles. The lowest BCUT2D eigenvalue weighted by molar-refractivity contribution is -0.197. The molecule has 1 heterocycles. The summed E-state index contributed by atoms with van der Waals surface area (Å²) in [6.07, 6.45) is 1.31. The molecule has 0 atom stereocenters. The molecule has 1 aliphatic heterocycles. The van der Waals surface area contributed by atoms with E-state index in [-0.39, 0.29) is 12.4 Å². The summed E-state index contributed by atoms with van der Waals surface area (Å²) in [6, 6.07) is 0. The average Bonchev–Trinajstić information content (AvgIpc) is 1.95. The van der Waals surface area contributed by atoms with E-state index in [4.69, 9.17) is 24.5 Å². The number of carboxylic acids is 1. The lowest BCUT2D eigenvalue weighted by atomic mass is 10.3. The Morgan fingerprint density at radius 3 is 2.31 bits per heavy atom. The van der Waals surface area contributed by atoms with E-state index in [0.29, 0.717) is 0 Å². The number of rotatable bonds is 0. The van der Waals surface area contributed by atoms with Crippen LogP contribution >= 0.6 is 0 Å². The highest BCUT2D eigenvalue weighted by atomic mass is 16.7. The number of carbonyl (C=O) groups is 1. The molecule has 76 valence electrons. The van der Waals surface area contributed by atoms with E-state index < -0.39 is 11.8 Å². The first-order chi connectivity index (χ1) is 5.83. The maximum atomic E-state index is 9.00. The van der Waals surface area contributed by atoms with Crippen molar-refractivity contribution in [2.45, 2.75) is 26.6 Å². The zero-order valence-electron chi connectivity index (χ0n) is 7.90. The lowest BCUT2D eigenvalue weighted by Gasteiger charge is -2.27. The number of aliphatic hydroxyl groups excluding tert-OH is 1. The predicted molar refractivity (Wildman–Crippen MR) is 45.1 cm³/mol. The molecule has 2 N–H and O–H groups in total. The third-order valence-electron chi connectivity index (χ3n) is 1.05. The molecule has 0 aromatic rings. The van der Waals surface area contributed by atoms with Crippen molar-refractivity contribution in [1.82, 2.24) is 0 Å². The van der Waals surface area contributed by atoms with Gasteiger partial charge in [0, 0.05) is 20.8 Å². The molecule has 0 aliphatic carbocycles. The summed E-state index contributed by atoms with van der Waals surface area (Å²) in [5.74, 6) is -1.28. The van der Waals surface area contributed by atoms with E-state index in [0.717, 1.165) is 6.92 Å². The largest absolute Gasteiger partial charge is 0.507 e. The van der Waals surface area contributed by atoms with Gasteiger partial charge in [0.15, 0.2) is 5.76 Å². The van der Waals surface area contributed by atoms with Crippen molar-refractivity contribution >= 4 is 5.97 Å². The molecule has 0 spiro atoms. The first-order valence-electron chi connectivity index (χ1n) is 3.73. The number of hydrogen-bond acceptors (Lipinski definition) is 4. The van der Waals surface area contributed by atoms with E-state index in [1.54, 1.807) is 13.8 Å². The Hall–Kier alpha value is -1.23. The number of ether oxygens (including phenoxy) is 2. The third-order valence-corrected chi connectivity index (χ3v) is 1.05. The molecule has 0 aromatic carbocycles. The first kappa shape index (κ1) is 11.8. The number of hydrogen-bond donors (Lipinski definition) is 2. The van der Waals surface area contributed by atoms with Crippen molar-refractivity contribution in [3.63, 3.8) is 0 Å². The molecule has 0 saturated carbocycles. The predicted octanol–water partition coefficient (Wildman–Crippen LogP) is 1.26. The van der Waals surface area contributed by atoms with E-state index in [9.17, 15) is 0 Å². The minimum atomic E-state index is -0.833. The minimum absolute atomic E-state index is 0.134. The monoisotopic (exact) mass is 190 g/mol. The Morgan fingerprint density at radius 1 is 1.62 bits per heavy atom. The molecular weight excluding hydrogens is 176 g/mol. The van der Waals surface area contributed by atoms with Gasteiger partial charge in [-0.15, -0.1) is 0 Å². The second-order valence-electron chi connectivity index (χ2n) is 2.93. The Kier molecular flexibility index (Phi) is 4.27. The van der Waals surface area contributed by atoms with Crippen LogP contribution in [0.15, 0.2) is 12.0 Å². The SMILES string of the molecule is CC(=O)O.CC1(C)OC=C(O)CO1. The van der Waals surface area contributed by atoms with E-state index in [2.05, 4.69) is 0 Å². The topological polar surface area (TPSA) is 76.0 Å². The molecule has 13 heavy (non-hydrogen) atoms. The first-order valence-corrected chi connectivity index (χ1v) is 3.73. The van der Waals surface area contributed by atoms with Gasteiger partial charge < -0.3 is 19.7 Å². The quantitative estimate of drug-likeness (QED) is 0.601. The van der Waals surface area contributed by atoms with Crippen molar-refractivity contribution in [3.05, 3.63) is 12.0 Å². The Morgan fingerprint density at radius 2 is 2.08 bits per heavy atom. The zero-order chi connectivity index (χ0) is 10.5. The standard InChI is InChI=1S/C6H10O3.C2H4O2/c1-6(2)8-3-5(7)4-9-6;1-2(3)4/h3,7H,4H2,1-2H3;1H3,(H,3,4). The lowest BCUT2D eigenvalue weighted by Crippen LogP contribution is -2.30. The van der Waals surface area contributed by atoms with Crippen LogP contribution in [0.3, 0.4) is 0 Å². The molecular formula is C8H14O5.